The zero-order valence-corrected chi connectivity index (χ0v) is 24.3. The molecule has 40 heavy (non-hydrogen) atoms. The molecule has 2 bridgehead atoms. The zero-order chi connectivity index (χ0) is 29.4. The lowest BCUT2D eigenvalue weighted by atomic mass is 9.58. The molecule has 2 amide bonds. The second kappa shape index (κ2) is 11.9. The maximum atomic E-state index is 12.8. The first kappa shape index (κ1) is 30.7. The van der Waals surface area contributed by atoms with Gasteiger partial charge in [0.15, 0.2) is 11.9 Å². The molecule has 1 spiro atoms. The smallest absolute Gasteiger partial charge is 0.325 e. The van der Waals surface area contributed by atoms with Crippen LogP contribution in [0.3, 0.4) is 0 Å². The number of carbonyl (C=O) groups excluding carboxylic acids is 3. The van der Waals surface area contributed by atoms with Crippen molar-refractivity contribution in [2.24, 2.45) is 29.6 Å². The Hall–Kier alpha value is -2.28. The number of carboxylic acids is 1. The summed E-state index contributed by atoms with van der Waals surface area (Å²) < 4.78 is 18.3. The molecule has 1 saturated carbocycles. The minimum Gasteiger partial charge on any atom is -0.480 e. The first-order chi connectivity index (χ1) is 18.8. The molecule has 5 aliphatic rings. The van der Waals surface area contributed by atoms with Crippen LogP contribution in [0.1, 0.15) is 86.5 Å². The molecule has 0 aromatic carbocycles. The molecule has 0 radical (unpaired) electrons. The van der Waals surface area contributed by atoms with Gasteiger partial charge in [0.05, 0.1) is 6.42 Å². The maximum Gasteiger partial charge on any atom is 0.325 e. The predicted octanol–water partition coefficient (Wildman–Crippen LogP) is 2.64. The highest BCUT2D eigenvalue weighted by Crippen LogP contribution is 2.60. The molecule has 4 aliphatic heterocycles. The Bertz CT molecular complexity index is 990. The second-order valence-corrected chi connectivity index (χ2v) is 12.6. The molecule has 2 unspecified atom stereocenters. The van der Waals surface area contributed by atoms with E-state index in [4.69, 9.17) is 29.1 Å². The number of aliphatic carboxylic acids is 1. The van der Waals surface area contributed by atoms with Crippen molar-refractivity contribution in [3.8, 4) is 0 Å². The largest absolute Gasteiger partial charge is 0.480 e. The third-order valence-electron chi connectivity index (χ3n) is 8.99. The van der Waals surface area contributed by atoms with E-state index in [9.17, 15) is 19.2 Å². The Morgan fingerprint density at radius 2 is 1.73 bits per heavy atom. The molecule has 226 valence electrons. The summed E-state index contributed by atoms with van der Waals surface area (Å²) in [5, 5.41) is 14.1. The summed E-state index contributed by atoms with van der Waals surface area (Å²) in [6.07, 6.45) is 1.75. The van der Waals surface area contributed by atoms with Gasteiger partial charge in [-0.15, -0.1) is 0 Å². The summed E-state index contributed by atoms with van der Waals surface area (Å²) in [6.45, 7) is 11.1. The van der Waals surface area contributed by atoms with Crippen molar-refractivity contribution in [1.82, 2.24) is 10.6 Å². The number of nitrogens with one attached hydrogen (secondary N) is 2. The van der Waals surface area contributed by atoms with Crippen LogP contribution >= 0.6 is 0 Å². The number of hydrogen-bond acceptors (Lipinski definition) is 9. The normalized spacial score (nSPS) is 38.0. The molecular formula is C28H44N2O10. The third kappa shape index (κ3) is 6.14. The van der Waals surface area contributed by atoms with Gasteiger partial charge < -0.3 is 30.0 Å². The van der Waals surface area contributed by atoms with Crippen molar-refractivity contribution in [2.45, 2.75) is 123 Å². The van der Waals surface area contributed by atoms with Gasteiger partial charge in [-0.3, -0.25) is 19.2 Å². The van der Waals surface area contributed by atoms with E-state index in [2.05, 4.69) is 17.6 Å². The van der Waals surface area contributed by atoms with Crippen LogP contribution < -0.4 is 10.6 Å². The highest BCUT2D eigenvalue weighted by Gasteiger charge is 2.69. The van der Waals surface area contributed by atoms with Crippen LogP contribution in [0.4, 0.5) is 0 Å². The lowest BCUT2D eigenvalue weighted by molar-refractivity contribution is -0.576. The fraction of sp³-hybridized carbons (Fsp3) is 0.857. The number of carbonyl (C=O) groups is 4. The Morgan fingerprint density at radius 1 is 1.00 bits per heavy atom. The summed E-state index contributed by atoms with van der Waals surface area (Å²) in [6, 6.07) is -2.02. The molecule has 4 heterocycles. The van der Waals surface area contributed by atoms with E-state index in [1.807, 2.05) is 27.7 Å². The Morgan fingerprint density at radius 3 is 2.40 bits per heavy atom. The van der Waals surface area contributed by atoms with E-state index >= 15 is 0 Å². The standard InChI is InChI=1S/C28H44N2O10/c1-14(2)13-20(23(33)29-17(5)24(34)35)30-21(31)9-10-22(32)36-25-16(4)19-8-7-15(3)18-11-12-27(6)38-26(37-25)28(18,19)40-39-27/h14-20,25-26H,7-13H2,1-6H3,(H,29,33)(H,30,31)(H,34,35)/t15-,16-,17?,18+,19+,20?,25-,26-,27-,28-/m1/s1. The molecule has 12 nitrogen and oxygen atoms in total. The topological polar surface area (TPSA) is 159 Å². The minimum atomic E-state index is -1.18. The molecule has 0 aromatic rings. The third-order valence-corrected chi connectivity index (χ3v) is 8.99. The molecule has 3 N–H and O–H groups in total. The van der Waals surface area contributed by atoms with Gasteiger partial charge in [0.1, 0.15) is 12.1 Å². The van der Waals surface area contributed by atoms with Gasteiger partial charge in [0.25, 0.3) is 0 Å². The maximum absolute atomic E-state index is 12.8. The summed E-state index contributed by atoms with van der Waals surface area (Å²) in [5.41, 5.74) is -0.764. The quantitative estimate of drug-likeness (QED) is 0.264. The van der Waals surface area contributed by atoms with Gasteiger partial charge in [-0.2, -0.15) is 0 Å². The van der Waals surface area contributed by atoms with E-state index in [0.717, 1.165) is 19.3 Å². The number of rotatable bonds is 10. The van der Waals surface area contributed by atoms with E-state index in [1.165, 1.54) is 6.92 Å². The van der Waals surface area contributed by atoms with Gasteiger partial charge in [-0.25, -0.2) is 9.78 Å². The summed E-state index contributed by atoms with van der Waals surface area (Å²) in [4.78, 5) is 61.0. The Labute approximate surface area is 235 Å². The zero-order valence-electron chi connectivity index (χ0n) is 24.3. The van der Waals surface area contributed by atoms with E-state index in [-0.39, 0.29) is 36.5 Å². The van der Waals surface area contributed by atoms with Crippen LogP contribution in [0.2, 0.25) is 0 Å². The number of fused-ring (bicyclic) bond motifs is 2. The lowest BCUT2D eigenvalue weighted by Crippen LogP contribution is -2.70. The van der Waals surface area contributed by atoms with Crippen LogP contribution in [0.15, 0.2) is 0 Å². The SMILES string of the molecule is CC(C)CC(NC(=O)CCC(=O)O[C@@H]1O[C@@H]2O[C@@]3(C)CC[C@H]4[C@H](C)CC[C@@H]([C@H]1C)[C@@]24OO3)C(=O)NC(C)C(=O)O. The van der Waals surface area contributed by atoms with Crippen molar-refractivity contribution < 1.29 is 48.3 Å². The molecule has 5 fully saturated rings. The van der Waals surface area contributed by atoms with Crippen molar-refractivity contribution in [3.63, 3.8) is 0 Å². The van der Waals surface area contributed by atoms with E-state index < -0.39 is 59.8 Å². The number of hydrogen-bond donors (Lipinski definition) is 3. The fourth-order valence-electron chi connectivity index (χ4n) is 6.76. The lowest BCUT2D eigenvalue weighted by Gasteiger charge is -2.59. The average molecular weight is 569 g/mol. The first-order valence-electron chi connectivity index (χ1n) is 14.5. The van der Waals surface area contributed by atoms with Crippen molar-refractivity contribution in [1.29, 1.82) is 0 Å². The number of amides is 2. The van der Waals surface area contributed by atoms with Gasteiger partial charge in [-0.05, 0) is 57.3 Å². The van der Waals surface area contributed by atoms with Crippen molar-refractivity contribution in [2.75, 3.05) is 0 Å². The van der Waals surface area contributed by atoms with Crippen LogP contribution in [-0.2, 0) is 43.2 Å². The molecule has 10 atom stereocenters. The molecule has 5 rings (SSSR count). The predicted molar refractivity (Wildman–Crippen MR) is 139 cm³/mol. The van der Waals surface area contributed by atoms with Crippen LogP contribution in [0, 0.1) is 29.6 Å². The van der Waals surface area contributed by atoms with Crippen LogP contribution in [-0.4, -0.2) is 64.9 Å². The first-order valence-corrected chi connectivity index (χ1v) is 14.5. The average Bonchev–Trinajstić information content (AvgIpc) is 3.10. The van der Waals surface area contributed by atoms with Gasteiger partial charge in [-0.1, -0.05) is 27.7 Å². The highest BCUT2D eigenvalue weighted by atomic mass is 17.3. The minimum absolute atomic E-state index is 0.000281. The number of carboxylic acid groups (broad SMARTS) is 1. The van der Waals surface area contributed by atoms with Crippen molar-refractivity contribution >= 4 is 23.8 Å². The summed E-state index contributed by atoms with van der Waals surface area (Å²) in [5.74, 6) is -3.33. The molecule has 12 heteroatoms. The van der Waals surface area contributed by atoms with Crippen LogP contribution in [0.5, 0.6) is 0 Å². The number of esters is 1. The Balaban J connectivity index is 1.35. The molecule has 0 aromatic heterocycles. The second-order valence-electron chi connectivity index (χ2n) is 12.6. The molecule has 4 saturated heterocycles. The van der Waals surface area contributed by atoms with Crippen molar-refractivity contribution in [3.05, 3.63) is 0 Å². The molecule has 1 aliphatic carbocycles. The fourth-order valence-corrected chi connectivity index (χ4v) is 6.76. The summed E-state index contributed by atoms with van der Waals surface area (Å²) >= 11 is 0. The molecular weight excluding hydrogens is 524 g/mol. The van der Waals surface area contributed by atoms with Crippen LogP contribution in [0.25, 0.3) is 0 Å². The monoisotopic (exact) mass is 568 g/mol. The van der Waals surface area contributed by atoms with Gasteiger partial charge in [0, 0.05) is 24.7 Å². The number of ether oxygens (including phenoxy) is 3. The highest BCUT2D eigenvalue weighted by molar-refractivity contribution is 5.91. The summed E-state index contributed by atoms with van der Waals surface area (Å²) in [7, 11) is 0. The van der Waals surface area contributed by atoms with E-state index in [1.54, 1.807) is 0 Å². The van der Waals surface area contributed by atoms with E-state index in [0.29, 0.717) is 18.8 Å². The van der Waals surface area contributed by atoms with Gasteiger partial charge in [0.2, 0.25) is 23.9 Å². The van der Waals surface area contributed by atoms with Gasteiger partial charge >= 0.3 is 11.9 Å². The Kier molecular flexibility index (Phi) is 9.13.